The fraction of sp³-hybridized carbons (Fsp3) is 0.500. The van der Waals surface area contributed by atoms with Crippen LogP contribution >= 0.6 is 0 Å². The molecule has 1 aromatic rings. The smallest absolute Gasteiger partial charge is 0.185 e. The summed E-state index contributed by atoms with van der Waals surface area (Å²) in [6.45, 7) is 0.648. The second-order valence-corrected chi connectivity index (χ2v) is 3.88. The molecule has 1 atom stereocenters. The van der Waals surface area contributed by atoms with E-state index in [-0.39, 0.29) is 12.4 Å². The minimum Gasteiger partial charge on any atom is -0.507 e. The molecule has 5 nitrogen and oxygen atoms in total. The Morgan fingerprint density at radius 3 is 2.88 bits per heavy atom. The highest BCUT2D eigenvalue weighted by Gasteiger charge is 2.26. The maximum Gasteiger partial charge on any atom is 0.185 e. The van der Waals surface area contributed by atoms with Gasteiger partial charge < -0.3 is 24.4 Å². The van der Waals surface area contributed by atoms with Crippen molar-refractivity contribution in [3.8, 4) is 11.5 Å². The lowest BCUT2D eigenvalue weighted by atomic mass is 9.97. The first kappa shape index (κ1) is 12.2. The van der Waals surface area contributed by atoms with Gasteiger partial charge in [0.05, 0.1) is 31.5 Å². The molecular weight excluding hydrogens is 224 g/mol. The van der Waals surface area contributed by atoms with Crippen LogP contribution < -0.4 is 4.74 Å². The molecule has 1 heterocycles. The maximum atomic E-state index is 10.1. The highest BCUT2D eigenvalue weighted by atomic mass is 16.6. The third kappa shape index (κ3) is 2.09. The van der Waals surface area contributed by atoms with Gasteiger partial charge >= 0.3 is 0 Å². The van der Waals surface area contributed by atoms with E-state index in [4.69, 9.17) is 14.2 Å². The normalized spacial score (nSPS) is 18.9. The van der Waals surface area contributed by atoms with Gasteiger partial charge in [0, 0.05) is 7.11 Å². The van der Waals surface area contributed by atoms with Crippen LogP contribution in [0.2, 0.25) is 0 Å². The van der Waals surface area contributed by atoms with E-state index in [2.05, 4.69) is 0 Å². The van der Waals surface area contributed by atoms with Gasteiger partial charge in [-0.2, -0.15) is 0 Å². The Bertz CT molecular complexity index is 416. The van der Waals surface area contributed by atoms with Crippen LogP contribution in [0.15, 0.2) is 6.07 Å². The van der Waals surface area contributed by atoms with Crippen molar-refractivity contribution >= 4 is 0 Å². The molecule has 94 valence electrons. The molecule has 0 spiro atoms. The van der Waals surface area contributed by atoms with Crippen molar-refractivity contribution in [1.29, 1.82) is 0 Å². The van der Waals surface area contributed by atoms with Crippen LogP contribution in [0.25, 0.3) is 0 Å². The van der Waals surface area contributed by atoms with E-state index in [1.807, 2.05) is 6.07 Å². The van der Waals surface area contributed by atoms with Gasteiger partial charge in [-0.1, -0.05) is 0 Å². The highest BCUT2D eigenvalue weighted by Crippen LogP contribution is 2.40. The van der Waals surface area contributed by atoms with Crippen LogP contribution in [-0.4, -0.2) is 31.0 Å². The molecule has 0 unspecified atom stereocenters. The van der Waals surface area contributed by atoms with E-state index in [9.17, 15) is 10.2 Å². The zero-order valence-electron chi connectivity index (χ0n) is 9.90. The Morgan fingerprint density at radius 1 is 1.47 bits per heavy atom. The number of hydrogen-bond acceptors (Lipinski definition) is 5. The van der Waals surface area contributed by atoms with Gasteiger partial charge in [0.1, 0.15) is 11.5 Å². The number of ether oxygens (including phenoxy) is 3. The van der Waals surface area contributed by atoms with Crippen LogP contribution in [0.4, 0.5) is 0 Å². The summed E-state index contributed by atoms with van der Waals surface area (Å²) in [4.78, 5) is 0. The largest absolute Gasteiger partial charge is 0.507 e. The molecule has 2 N–H and O–H groups in total. The fourth-order valence-corrected chi connectivity index (χ4v) is 2.07. The molecule has 1 aromatic carbocycles. The first-order chi connectivity index (χ1) is 8.19. The van der Waals surface area contributed by atoms with Crippen molar-refractivity contribution in [3.63, 3.8) is 0 Å². The van der Waals surface area contributed by atoms with E-state index in [1.165, 1.54) is 14.2 Å². The summed E-state index contributed by atoms with van der Waals surface area (Å²) >= 11 is 0. The molecular formula is C12H16O5. The van der Waals surface area contributed by atoms with E-state index >= 15 is 0 Å². The molecule has 1 aliphatic rings. The molecule has 17 heavy (non-hydrogen) atoms. The van der Waals surface area contributed by atoms with E-state index in [1.54, 1.807) is 0 Å². The molecule has 0 saturated heterocycles. The van der Waals surface area contributed by atoms with Gasteiger partial charge in [0.2, 0.25) is 0 Å². The highest BCUT2D eigenvalue weighted by molar-refractivity contribution is 5.54. The zero-order valence-corrected chi connectivity index (χ0v) is 9.90. The topological polar surface area (TPSA) is 68.2 Å². The van der Waals surface area contributed by atoms with Gasteiger partial charge in [-0.05, 0) is 18.1 Å². The second kappa shape index (κ2) is 4.91. The van der Waals surface area contributed by atoms with Crippen molar-refractivity contribution in [2.24, 2.45) is 0 Å². The minimum absolute atomic E-state index is 0.00611. The molecule has 2 rings (SSSR count). The van der Waals surface area contributed by atoms with Crippen molar-refractivity contribution in [2.45, 2.75) is 19.3 Å². The first-order valence-electron chi connectivity index (χ1n) is 5.39. The number of rotatable bonds is 3. The quantitative estimate of drug-likeness (QED) is 0.828. The van der Waals surface area contributed by atoms with Crippen LogP contribution in [0.5, 0.6) is 11.5 Å². The van der Waals surface area contributed by atoms with Crippen molar-refractivity contribution in [1.82, 2.24) is 0 Å². The van der Waals surface area contributed by atoms with Gasteiger partial charge in [0.15, 0.2) is 6.29 Å². The predicted molar refractivity (Wildman–Crippen MR) is 60.0 cm³/mol. The molecule has 0 radical (unpaired) electrons. The summed E-state index contributed by atoms with van der Waals surface area (Å²) in [7, 11) is 3.07. The summed E-state index contributed by atoms with van der Waals surface area (Å²) in [5.41, 5.74) is 1.79. The van der Waals surface area contributed by atoms with Crippen LogP contribution in [0.3, 0.4) is 0 Å². The fourth-order valence-electron chi connectivity index (χ4n) is 2.07. The molecule has 0 aromatic heterocycles. The van der Waals surface area contributed by atoms with Gasteiger partial charge in [0.25, 0.3) is 0 Å². The van der Waals surface area contributed by atoms with Crippen LogP contribution in [0, 0.1) is 0 Å². The van der Waals surface area contributed by atoms with E-state index < -0.39 is 6.29 Å². The lowest BCUT2D eigenvalue weighted by molar-refractivity contribution is -0.111. The van der Waals surface area contributed by atoms with Crippen molar-refractivity contribution in [3.05, 3.63) is 22.8 Å². The molecule has 0 amide bonds. The lowest BCUT2D eigenvalue weighted by Crippen LogP contribution is -2.17. The second-order valence-electron chi connectivity index (χ2n) is 3.88. The monoisotopic (exact) mass is 240 g/mol. The van der Waals surface area contributed by atoms with Crippen LogP contribution in [0.1, 0.15) is 23.0 Å². The number of methoxy groups -OCH3 is 2. The van der Waals surface area contributed by atoms with E-state index in [0.29, 0.717) is 29.9 Å². The van der Waals surface area contributed by atoms with Gasteiger partial charge in [-0.15, -0.1) is 0 Å². The predicted octanol–water partition coefficient (Wildman–Crippen LogP) is 1.11. The van der Waals surface area contributed by atoms with Gasteiger partial charge in [-0.3, -0.25) is 0 Å². The summed E-state index contributed by atoms with van der Waals surface area (Å²) < 4.78 is 15.3. The number of aromatic hydroxyl groups is 1. The third-order valence-corrected chi connectivity index (χ3v) is 2.89. The Morgan fingerprint density at radius 2 is 2.24 bits per heavy atom. The third-order valence-electron chi connectivity index (χ3n) is 2.89. The Labute approximate surface area is 99.5 Å². The Balaban J connectivity index is 2.56. The number of phenols is 1. The minimum atomic E-state index is -1.08. The molecule has 0 saturated carbocycles. The lowest BCUT2D eigenvalue weighted by Gasteiger charge is -2.25. The standard InChI is InChI=1S/C12H16O5/c1-15-6-8-9(16-2)5-7-3-4-17-12(14)10(7)11(8)13/h5,12-14H,3-4,6H2,1-2H3/t12-/m0/s1. The first-order valence-corrected chi connectivity index (χ1v) is 5.39. The molecule has 0 fully saturated rings. The zero-order chi connectivity index (χ0) is 12.4. The number of aliphatic hydroxyl groups is 1. The van der Waals surface area contributed by atoms with E-state index in [0.717, 1.165) is 5.56 Å². The van der Waals surface area contributed by atoms with Crippen molar-refractivity contribution in [2.75, 3.05) is 20.8 Å². The van der Waals surface area contributed by atoms with Crippen LogP contribution in [-0.2, 0) is 22.5 Å². The van der Waals surface area contributed by atoms with Crippen molar-refractivity contribution < 1.29 is 24.4 Å². The number of benzene rings is 1. The number of hydrogen-bond donors (Lipinski definition) is 2. The summed E-state index contributed by atoms with van der Waals surface area (Å²) in [6.07, 6.45) is -0.441. The molecule has 0 aliphatic carbocycles. The molecule has 5 heteroatoms. The Kier molecular flexibility index (Phi) is 3.51. The number of phenolic OH excluding ortho intramolecular Hbond substituents is 1. The number of fused-ring (bicyclic) bond motifs is 1. The SMILES string of the molecule is COCc1c(OC)cc2c(c1O)[C@@H](O)OCC2. The van der Waals surface area contributed by atoms with Gasteiger partial charge in [-0.25, -0.2) is 0 Å². The number of aliphatic hydroxyl groups excluding tert-OH is 1. The summed E-state index contributed by atoms with van der Waals surface area (Å²) in [6, 6.07) is 1.81. The average molecular weight is 240 g/mol. The summed E-state index contributed by atoms with van der Waals surface area (Å²) in [5, 5.41) is 19.9. The average Bonchev–Trinajstić information content (AvgIpc) is 2.32. The molecule has 0 bridgehead atoms. The summed E-state index contributed by atoms with van der Waals surface area (Å²) in [5.74, 6) is 0.561. The maximum absolute atomic E-state index is 10.1. The molecule has 1 aliphatic heterocycles. The Hall–Kier alpha value is -1.30.